The summed E-state index contributed by atoms with van der Waals surface area (Å²) in [6.07, 6.45) is 8.18. The third kappa shape index (κ3) is 9.84. The number of halogens is 3. The fourth-order valence-electron chi connectivity index (χ4n) is 3.60. The van der Waals surface area contributed by atoms with Crippen LogP contribution in [0.15, 0.2) is 42.5 Å². The smallest absolute Gasteiger partial charge is 0.185 e. The van der Waals surface area contributed by atoms with E-state index in [1.54, 1.807) is 0 Å². The van der Waals surface area contributed by atoms with Crippen LogP contribution in [0.2, 0.25) is 5.02 Å². The maximum atomic E-state index is 7.19. The van der Waals surface area contributed by atoms with Gasteiger partial charge in [-0.2, -0.15) is 0 Å². The molecule has 0 bridgehead atoms. The summed E-state index contributed by atoms with van der Waals surface area (Å²) in [5, 5.41) is 15.4. The van der Waals surface area contributed by atoms with Crippen molar-refractivity contribution in [2.75, 3.05) is 18.4 Å². The van der Waals surface area contributed by atoms with Gasteiger partial charge in [0.25, 0.3) is 0 Å². The van der Waals surface area contributed by atoms with Crippen molar-refractivity contribution >= 4 is 71.2 Å². The highest BCUT2D eigenvalue weighted by atomic mass is 35.5. The lowest BCUT2D eigenvalue weighted by atomic mass is 9.86. The van der Waals surface area contributed by atoms with Gasteiger partial charge in [-0.15, -0.1) is 24.8 Å². The van der Waals surface area contributed by atoms with Crippen LogP contribution in [-0.4, -0.2) is 29.0 Å². The van der Waals surface area contributed by atoms with E-state index in [0.29, 0.717) is 5.82 Å². The van der Waals surface area contributed by atoms with Crippen LogP contribution in [0, 0.1) is 5.41 Å². The zero-order valence-electron chi connectivity index (χ0n) is 21.1. The summed E-state index contributed by atoms with van der Waals surface area (Å²) >= 11 is 5.99. The molecule has 0 aliphatic rings. The van der Waals surface area contributed by atoms with Crippen molar-refractivity contribution in [3.63, 3.8) is 0 Å². The van der Waals surface area contributed by atoms with Gasteiger partial charge >= 0.3 is 0 Å². The van der Waals surface area contributed by atoms with E-state index in [9.17, 15) is 0 Å². The van der Waals surface area contributed by atoms with Crippen molar-refractivity contribution in [2.45, 2.75) is 51.9 Å². The number of hydrogen-bond donors (Lipinski definition) is 4. The molecule has 6 nitrogen and oxygen atoms in total. The molecule has 0 radical (unpaired) electrons. The Bertz CT molecular complexity index is 1140. The molecule has 5 N–H and O–H groups in total. The van der Waals surface area contributed by atoms with Gasteiger partial charge in [0.2, 0.25) is 0 Å². The Labute approximate surface area is 231 Å². The molecule has 0 amide bonds. The minimum Gasteiger partial charge on any atom is -0.370 e. The number of hydrogen-bond acceptors (Lipinski definition) is 4. The Hall–Kier alpha value is -2.54. The molecule has 196 valence electrons. The van der Waals surface area contributed by atoms with Crippen LogP contribution < -0.4 is 16.4 Å². The Morgan fingerprint density at radius 2 is 1.61 bits per heavy atom. The first-order valence-corrected chi connectivity index (χ1v) is 12.2. The number of benzene rings is 2. The van der Waals surface area contributed by atoms with E-state index >= 15 is 0 Å². The lowest BCUT2D eigenvalue weighted by molar-refractivity contribution is 0.591. The van der Waals surface area contributed by atoms with Gasteiger partial charge in [-0.25, -0.2) is 9.97 Å². The maximum Gasteiger partial charge on any atom is 0.185 e. The average molecular weight is 552 g/mol. The number of nitrogens with one attached hydrogen (secondary N) is 3. The van der Waals surface area contributed by atoms with Gasteiger partial charge in [0.15, 0.2) is 11.8 Å². The second-order valence-corrected chi connectivity index (χ2v) is 9.92. The lowest BCUT2D eigenvalue weighted by Crippen LogP contribution is -2.30. The molecule has 3 aromatic rings. The van der Waals surface area contributed by atoms with E-state index in [2.05, 4.69) is 49.6 Å². The van der Waals surface area contributed by atoms with Crippen LogP contribution in [0.25, 0.3) is 23.1 Å². The minimum atomic E-state index is 0. The number of aromatic nitrogens is 2. The number of anilines is 1. The molecule has 9 heteroatoms. The van der Waals surface area contributed by atoms with Crippen LogP contribution in [0.5, 0.6) is 0 Å². The van der Waals surface area contributed by atoms with Crippen molar-refractivity contribution in [3.05, 3.63) is 64.4 Å². The van der Waals surface area contributed by atoms with Gasteiger partial charge in [0, 0.05) is 23.5 Å². The third-order valence-electron chi connectivity index (χ3n) is 5.59. The maximum absolute atomic E-state index is 7.19. The minimum absolute atomic E-state index is 0. The predicted molar refractivity (Wildman–Crippen MR) is 160 cm³/mol. The van der Waals surface area contributed by atoms with Gasteiger partial charge in [-0.3, -0.25) is 5.41 Å². The first kappa shape index (κ1) is 31.5. The molecule has 1 heterocycles. The van der Waals surface area contributed by atoms with Crippen LogP contribution in [0.1, 0.15) is 63.4 Å². The van der Waals surface area contributed by atoms with Crippen LogP contribution >= 0.6 is 36.4 Å². The van der Waals surface area contributed by atoms with E-state index in [1.807, 2.05) is 36.4 Å². The van der Waals surface area contributed by atoms with Gasteiger partial charge in [-0.05, 0) is 59.7 Å². The number of guanidine groups is 1. The summed E-state index contributed by atoms with van der Waals surface area (Å²) < 4.78 is 0. The molecular formula is C27H37Cl3N6. The number of nitrogens with two attached hydrogens (primary N) is 1. The second-order valence-electron chi connectivity index (χ2n) is 9.48. The van der Waals surface area contributed by atoms with E-state index in [-0.39, 0.29) is 36.2 Å². The summed E-state index contributed by atoms with van der Waals surface area (Å²) in [6, 6.07) is 14.1. The van der Waals surface area contributed by atoms with Crippen LogP contribution in [0.4, 0.5) is 5.82 Å². The third-order valence-corrected chi connectivity index (χ3v) is 5.84. The van der Waals surface area contributed by atoms with E-state index in [1.165, 1.54) is 5.56 Å². The van der Waals surface area contributed by atoms with Gasteiger partial charge in [0.05, 0.1) is 5.52 Å². The molecule has 0 spiro atoms. The summed E-state index contributed by atoms with van der Waals surface area (Å²) in [4.78, 5) is 9.63. The van der Waals surface area contributed by atoms with Gasteiger partial charge in [0.1, 0.15) is 5.82 Å². The Morgan fingerprint density at radius 1 is 0.944 bits per heavy atom. The summed E-state index contributed by atoms with van der Waals surface area (Å²) in [7, 11) is 0. The monoisotopic (exact) mass is 550 g/mol. The van der Waals surface area contributed by atoms with Crippen molar-refractivity contribution in [1.82, 2.24) is 15.3 Å². The number of fused-ring (bicyclic) bond motifs is 1. The molecule has 0 aliphatic carbocycles. The van der Waals surface area contributed by atoms with E-state index < -0.39 is 0 Å². The highest BCUT2D eigenvalue weighted by Gasteiger charge is 2.16. The number of rotatable bonds is 10. The normalized spacial score (nSPS) is 11.1. The highest BCUT2D eigenvalue weighted by Crippen LogP contribution is 2.29. The SMILES string of the molecule is CC(C)(C)c1ccc2nc(C=Cc3ccc(Cl)cc3)nc(NCCCCCCNC(=N)N)c2c1.Cl.Cl. The largest absolute Gasteiger partial charge is 0.370 e. The lowest BCUT2D eigenvalue weighted by Gasteiger charge is -2.20. The van der Waals surface area contributed by atoms with Gasteiger partial charge in [-0.1, -0.05) is 69.5 Å². The zero-order valence-corrected chi connectivity index (χ0v) is 23.5. The molecule has 1 aromatic heterocycles. The number of unbranched alkanes of at least 4 members (excludes halogenated alkanes) is 3. The standard InChI is InChI=1S/C27H35ClN6.2ClH/c1-27(2,3)20-11-14-23-22(18-20)25(31-16-6-4-5-7-17-32-26(29)30)34-24(33-23)15-10-19-8-12-21(28)13-9-19;;/h8-15,18H,4-7,16-17H2,1-3H3,(H4,29,30,32)(H,31,33,34);2*1H. The molecule has 2 aromatic carbocycles. The summed E-state index contributed by atoms with van der Waals surface area (Å²) in [5.74, 6) is 1.57. The highest BCUT2D eigenvalue weighted by molar-refractivity contribution is 6.30. The fourth-order valence-corrected chi connectivity index (χ4v) is 3.73. The van der Waals surface area contributed by atoms with Gasteiger partial charge < -0.3 is 16.4 Å². The average Bonchev–Trinajstić information content (AvgIpc) is 2.79. The second kappa shape index (κ2) is 14.9. The van der Waals surface area contributed by atoms with Crippen LogP contribution in [0.3, 0.4) is 0 Å². The predicted octanol–water partition coefficient (Wildman–Crippen LogP) is 7.05. The molecular weight excluding hydrogens is 515 g/mol. The first-order chi connectivity index (χ1) is 16.2. The van der Waals surface area contributed by atoms with Crippen molar-refractivity contribution in [2.24, 2.45) is 5.73 Å². The topological polar surface area (TPSA) is 99.7 Å². The summed E-state index contributed by atoms with van der Waals surface area (Å²) in [5.41, 5.74) is 8.59. The van der Waals surface area contributed by atoms with Crippen molar-refractivity contribution in [1.29, 1.82) is 5.41 Å². The molecule has 0 atom stereocenters. The molecule has 0 saturated heterocycles. The Balaban J connectivity index is 0.00000324. The van der Waals surface area contributed by atoms with E-state index in [0.717, 1.165) is 66.1 Å². The van der Waals surface area contributed by atoms with Crippen molar-refractivity contribution < 1.29 is 0 Å². The molecule has 36 heavy (non-hydrogen) atoms. The molecule has 0 aliphatic heterocycles. The molecule has 0 saturated carbocycles. The fraction of sp³-hybridized carbons (Fsp3) is 0.370. The Kier molecular flexibility index (Phi) is 13.0. The van der Waals surface area contributed by atoms with E-state index in [4.69, 9.17) is 32.7 Å². The quantitative estimate of drug-likeness (QED) is 0.123. The number of nitrogens with zero attached hydrogens (tertiary/aromatic N) is 2. The molecule has 0 unspecified atom stereocenters. The molecule has 3 rings (SSSR count). The van der Waals surface area contributed by atoms with Crippen molar-refractivity contribution in [3.8, 4) is 0 Å². The molecule has 0 fully saturated rings. The first-order valence-electron chi connectivity index (χ1n) is 11.8. The summed E-state index contributed by atoms with van der Waals surface area (Å²) in [6.45, 7) is 8.23. The Morgan fingerprint density at radius 3 is 2.25 bits per heavy atom. The zero-order chi connectivity index (χ0) is 24.6. The van der Waals surface area contributed by atoms with Crippen LogP contribution in [-0.2, 0) is 5.41 Å².